The lowest BCUT2D eigenvalue weighted by molar-refractivity contribution is -0.139. The molecule has 0 saturated carbocycles. The molecule has 28 heavy (non-hydrogen) atoms. The minimum absolute atomic E-state index is 0.109. The van der Waals surface area contributed by atoms with Crippen molar-refractivity contribution >= 4 is 33.2 Å². The van der Waals surface area contributed by atoms with E-state index in [9.17, 15) is 23.3 Å². The second kappa shape index (κ2) is 7.13. The number of piperazine rings is 1. The van der Waals surface area contributed by atoms with E-state index < -0.39 is 22.0 Å². The Labute approximate surface area is 168 Å². The van der Waals surface area contributed by atoms with Gasteiger partial charge in [-0.05, 0) is 30.7 Å². The standard InChI is InChI=1S/C18H22N4O4S2/c1-12(17(23)20-6-2-4-13(20)9-19)10-21-14-8-15(18(21)24)22(11-14)28(25,26)16-5-3-7-27-16/h3,5,7,12-15H,2,4,6,8,10-11H2,1H3/t12-,13-,14+,15+/m0/s1. The second-order valence-corrected chi connectivity index (χ2v) is 10.7. The molecule has 3 aliphatic rings. The quantitative estimate of drug-likeness (QED) is 0.701. The van der Waals surface area contributed by atoms with Crippen LogP contribution in [0, 0.1) is 17.2 Å². The van der Waals surface area contributed by atoms with Gasteiger partial charge in [-0.1, -0.05) is 13.0 Å². The minimum atomic E-state index is -3.66. The Morgan fingerprint density at radius 2 is 2.25 bits per heavy atom. The molecule has 0 radical (unpaired) electrons. The molecule has 4 heterocycles. The maximum atomic E-state index is 12.8. The van der Waals surface area contributed by atoms with E-state index in [1.165, 1.54) is 4.31 Å². The van der Waals surface area contributed by atoms with Crippen molar-refractivity contribution in [3.63, 3.8) is 0 Å². The van der Waals surface area contributed by atoms with Gasteiger partial charge in [0.25, 0.3) is 10.0 Å². The molecule has 3 aliphatic heterocycles. The van der Waals surface area contributed by atoms with E-state index in [-0.39, 0.29) is 41.2 Å². The first kappa shape index (κ1) is 19.4. The third-order valence-corrected chi connectivity index (χ3v) is 9.13. The highest BCUT2D eigenvalue weighted by Gasteiger charge is 2.54. The predicted molar refractivity (Wildman–Crippen MR) is 102 cm³/mol. The number of fused-ring (bicyclic) bond motifs is 2. The summed E-state index contributed by atoms with van der Waals surface area (Å²) >= 11 is 1.15. The Morgan fingerprint density at radius 1 is 1.46 bits per heavy atom. The van der Waals surface area contributed by atoms with E-state index >= 15 is 0 Å². The molecular formula is C18H22N4O4S2. The zero-order valence-electron chi connectivity index (χ0n) is 15.5. The van der Waals surface area contributed by atoms with E-state index in [0.29, 0.717) is 19.4 Å². The number of hydrogen-bond acceptors (Lipinski definition) is 6. The predicted octanol–water partition coefficient (Wildman–Crippen LogP) is 0.873. The van der Waals surface area contributed by atoms with Gasteiger partial charge in [-0.15, -0.1) is 11.3 Å². The van der Waals surface area contributed by atoms with Crippen LogP contribution in [0.2, 0.25) is 0 Å². The Hall–Kier alpha value is -1.96. The van der Waals surface area contributed by atoms with Crippen LogP contribution < -0.4 is 0 Å². The van der Waals surface area contributed by atoms with Gasteiger partial charge >= 0.3 is 0 Å². The summed E-state index contributed by atoms with van der Waals surface area (Å²) in [5, 5.41) is 10.9. The lowest BCUT2D eigenvalue weighted by Gasteiger charge is -2.35. The Kier molecular flexibility index (Phi) is 4.93. The summed E-state index contributed by atoms with van der Waals surface area (Å²) in [5.74, 6) is -0.753. The summed E-state index contributed by atoms with van der Waals surface area (Å²) in [5.41, 5.74) is 0. The zero-order valence-corrected chi connectivity index (χ0v) is 17.2. The van der Waals surface area contributed by atoms with Gasteiger partial charge in [0.1, 0.15) is 16.3 Å². The zero-order chi connectivity index (χ0) is 20.1. The van der Waals surface area contributed by atoms with Gasteiger partial charge in [-0.25, -0.2) is 8.42 Å². The fourth-order valence-corrected chi connectivity index (χ4v) is 7.21. The summed E-state index contributed by atoms with van der Waals surface area (Å²) in [7, 11) is -3.66. The van der Waals surface area contributed by atoms with Crippen LogP contribution in [-0.4, -0.2) is 72.1 Å². The number of likely N-dealkylation sites (tertiary alicyclic amines) is 2. The van der Waals surface area contributed by atoms with Crippen LogP contribution in [0.3, 0.4) is 0 Å². The molecule has 0 aliphatic carbocycles. The number of nitrogens with zero attached hydrogens (tertiary/aromatic N) is 4. The van der Waals surface area contributed by atoms with Gasteiger partial charge in [-0.3, -0.25) is 9.59 Å². The van der Waals surface area contributed by atoms with Gasteiger partial charge in [0.15, 0.2) is 0 Å². The molecule has 8 nitrogen and oxygen atoms in total. The molecule has 0 aromatic carbocycles. The smallest absolute Gasteiger partial charge is 0.253 e. The Morgan fingerprint density at radius 3 is 2.89 bits per heavy atom. The second-order valence-electron chi connectivity index (χ2n) is 7.62. The first-order valence-corrected chi connectivity index (χ1v) is 11.7. The van der Waals surface area contributed by atoms with Gasteiger partial charge < -0.3 is 9.80 Å². The van der Waals surface area contributed by atoms with Crippen LogP contribution in [0.1, 0.15) is 26.2 Å². The third-order valence-electron chi connectivity index (χ3n) is 5.88. The highest BCUT2D eigenvalue weighted by Crippen LogP contribution is 2.37. The molecule has 3 saturated heterocycles. The SMILES string of the molecule is C[C@@H](CN1C(=O)[C@H]2C[C@@H]1CN2S(=O)(=O)c1cccs1)C(=O)N1CCC[C@H]1C#N. The maximum absolute atomic E-state index is 12.8. The first-order chi connectivity index (χ1) is 13.3. The molecule has 4 atom stereocenters. The molecule has 10 heteroatoms. The average Bonchev–Trinajstić information content (AvgIpc) is 3.45. The lowest BCUT2D eigenvalue weighted by Crippen LogP contribution is -2.54. The molecule has 0 unspecified atom stereocenters. The van der Waals surface area contributed by atoms with E-state index in [1.807, 2.05) is 0 Å². The van der Waals surface area contributed by atoms with Crippen LogP contribution in [0.15, 0.2) is 21.7 Å². The van der Waals surface area contributed by atoms with Crippen molar-refractivity contribution in [1.29, 1.82) is 5.26 Å². The molecule has 1 aromatic rings. The van der Waals surface area contributed by atoms with Crippen molar-refractivity contribution in [2.75, 3.05) is 19.6 Å². The highest BCUT2D eigenvalue weighted by atomic mass is 32.2. The summed E-state index contributed by atoms with van der Waals surface area (Å²) < 4.78 is 27.1. The third kappa shape index (κ3) is 3.02. The number of carbonyl (C=O) groups excluding carboxylic acids is 2. The van der Waals surface area contributed by atoms with Crippen molar-refractivity contribution in [3.05, 3.63) is 17.5 Å². The molecule has 4 rings (SSSR count). The molecule has 2 bridgehead atoms. The number of sulfonamides is 1. The highest BCUT2D eigenvalue weighted by molar-refractivity contribution is 7.91. The molecule has 0 N–H and O–H groups in total. The van der Waals surface area contributed by atoms with Gasteiger partial charge in [0.2, 0.25) is 11.8 Å². The van der Waals surface area contributed by atoms with Crippen LogP contribution >= 0.6 is 11.3 Å². The summed E-state index contributed by atoms with van der Waals surface area (Å²) in [6, 6.07) is 4.13. The first-order valence-electron chi connectivity index (χ1n) is 9.40. The normalized spacial score (nSPS) is 28.7. The number of carbonyl (C=O) groups is 2. The van der Waals surface area contributed by atoms with Crippen LogP contribution in [0.25, 0.3) is 0 Å². The van der Waals surface area contributed by atoms with Gasteiger partial charge in [-0.2, -0.15) is 9.57 Å². The van der Waals surface area contributed by atoms with Gasteiger partial charge in [0.05, 0.1) is 12.0 Å². The van der Waals surface area contributed by atoms with Crippen LogP contribution in [0.4, 0.5) is 0 Å². The number of nitriles is 1. The molecule has 3 fully saturated rings. The topological polar surface area (TPSA) is 102 Å². The Bertz CT molecular complexity index is 924. The molecular weight excluding hydrogens is 400 g/mol. The number of hydrogen-bond donors (Lipinski definition) is 0. The van der Waals surface area contributed by atoms with Crippen LogP contribution in [0.5, 0.6) is 0 Å². The van der Waals surface area contributed by atoms with Crippen molar-refractivity contribution in [2.45, 2.75) is 48.5 Å². The monoisotopic (exact) mass is 422 g/mol. The van der Waals surface area contributed by atoms with Crippen molar-refractivity contribution in [2.24, 2.45) is 5.92 Å². The van der Waals surface area contributed by atoms with E-state index in [1.54, 1.807) is 34.2 Å². The fraction of sp³-hybridized carbons (Fsp3) is 0.611. The number of thiophene rings is 1. The average molecular weight is 423 g/mol. The largest absolute Gasteiger partial charge is 0.336 e. The van der Waals surface area contributed by atoms with Crippen molar-refractivity contribution < 1.29 is 18.0 Å². The molecule has 0 spiro atoms. The number of rotatable bonds is 5. The number of amides is 2. The lowest BCUT2D eigenvalue weighted by atomic mass is 10.1. The van der Waals surface area contributed by atoms with E-state index in [0.717, 1.165) is 17.8 Å². The Balaban J connectivity index is 1.43. The molecule has 1 aromatic heterocycles. The minimum Gasteiger partial charge on any atom is -0.336 e. The summed E-state index contributed by atoms with van der Waals surface area (Å²) in [6.07, 6.45) is 1.98. The summed E-state index contributed by atoms with van der Waals surface area (Å²) in [6.45, 7) is 2.88. The fourth-order valence-electron chi connectivity index (χ4n) is 4.46. The molecule has 2 amide bonds. The van der Waals surface area contributed by atoms with Gasteiger partial charge in [0, 0.05) is 25.7 Å². The van der Waals surface area contributed by atoms with E-state index in [4.69, 9.17) is 0 Å². The van der Waals surface area contributed by atoms with Crippen LogP contribution in [-0.2, 0) is 19.6 Å². The van der Waals surface area contributed by atoms with Crippen molar-refractivity contribution in [3.8, 4) is 6.07 Å². The summed E-state index contributed by atoms with van der Waals surface area (Å²) in [4.78, 5) is 28.8. The molecule has 150 valence electrons. The maximum Gasteiger partial charge on any atom is 0.253 e. The van der Waals surface area contributed by atoms with Crippen molar-refractivity contribution in [1.82, 2.24) is 14.1 Å². The van der Waals surface area contributed by atoms with E-state index in [2.05, 4.69) is 6.07 Å².